The number of hydrogen-bond acceptors (Lipinski definition) is 0. The fourth-order valence-electron chi connectivity index (χ4n) is 6.28. The minimum atomic E-state index is 0.855. The minimum absolute atomic E-state index is 0.855. The average Bonchev–Trinajstić information content (AvgIpc) is 2.76. The van der Waals surface area contributed by atoms with Gasteiger partial charge in [-0.3, -0.25) is 0 Å². The Bertz CT molecular complexity index is 449. The standard InChI is InChI=1S/C20H42.C16H34/c1-9-16(4)13-18(6)14-20(8)19(7)11-10-17(5)12-15(2)3;1-7-14(4)12-16(6)10-8-9-15(5)11-13(2)3/h15-20H,9-14H2,1-8H3;13-16H,7-12H2,1-6H3. The zero-order chi connectivity index (χ0) is 28.3. The van der Waals surface area contributed by atoms with Crippen LogP contribution >= 0.6 is 0 Å². The van der Waals surface area contributed by atoms with Crippen LogP contribution in [0.25, 0.3) is 0 Å². The summed E-state index contributed by atoms with van der Waals surface area (Å²) in [6.07, 6.45) is 16.9. The Morgan fingerprint density at radius 3 is 1.14 bits per heavy atom. The average molecular weight is 509 g/mol. The zero-order valence-corrected chi connectivity index (χ0v) is 28.3. The molecule has 220 valence electrons. The maximum atomic E-state index is 2.48. The molecule has 0 aromatic heterocycles. The normalized spacial score (nSPS) is 18.7. The van der Waals surface area contributed by atoms with E-state index in [1.165, 1.54) is 77.0 Å². The Morgan fingerprint density at radius 2 is 0.722 bits per heavy atom. The monoisotopic (exact) mass is 509 g/mol. The summed E-state index contributed by atoms with van der Waals surface area (Å²) in [5, 5.41) is 0. The third kappa shape index (κ3) is 24.3. The van der Waals surface area contributed by atoms with Gasteiger partial charge in [-0.25, -0.2) is 0 Å². The van der Waals surface area contributed by atoms with E-state index in [4.69, 9.17) is 0 Å². The second-order valence-electron chi connectivity index (χ2n) is 14.9. The Morgan fingerprint density at radius 1 is 0.333 bits per heavy atom. The largest absolute Gasteiger partial charge is 0.0651 e. The van der Waals surface area contributed by atoms with Gasteiger partial charge >= 0.3 is 0 Å². The molecule has 0 aliphatic rings. The molecule has 0 fully saturated rings. The smallest absolute Gasteiger partial charge is 0.0414 e. The van der Waals surface area contributed by atoms with Crippen LogP contribution in [0.2, 0.25) is 0 Å². The van der Waals surface area contributed by atoms with E-state index in [1.807, 2.05) is 0 Å². The molecule has 0 radical (unpaired) electrons. The van der Waals surface area contributed by atoms with E-state index in [2.05, 4.69) is 96.9 Å². The first-order chi connectivity index (χ1) is 16.7. The van der Waals surface area contributed by atoms with Crippen molar-refractivity contribution >= 4 is 0 Å². The van der Waals surface area contributed by atoms with E-state index >= 15 is 0 Å². The molecule has 0 saturated heterocycles. The fourth-order valence-corrected chi connectivity index (χ4v) is 6.28. The molecular weight excluding hydrogens is 432 g/mol. The summed E-state index contributed by atoms with van der Waals surface area (Å²) < 4.78 is 0. The molecule has 0 aliphatic heterocycles. The third-order valence-electron chi connectivity index (χ3n) is 9.01. The first kappa shape index (κ1) is 38.1. The van der Waals surface area contributed by atoms with Crippen molar-refractivity contribution in [3.63, 3.8) is 0 Å². The summed E-state index contributed by atoms with van der Waals surface area (Å²) in [7, 11) is 0. The molecular formula is C36H76. The zero-order valence-electron chi connectivity index (χ0n) is 28.3. The lowest BCUT2D eigenvalue weighted by molar-refractivity contribution is 0.256. The van der Waals surface area contributed by atoms with Crippen molar-refractivity contribution in [2.24, 2.45) is 59.2 Å². The van der Waals surface area contributed by atoms with Crippen molar-refractivity contribution in [1.82, 2.24) is 0 Å². The van der Waals surface area contributed by atoms with Crippen LogP contribution in [0.1, 0.15) is 174 Å². The van der Waals surface area contributed by atoms with E-state index in [1.54, 1.807) is 0 Å². The molecule has 0 saturated carbocycles. The van der Waals surface area contributed by atoms with E-state index in [0.717, 1.165) is 59.2 Å². The van der Waals surface area contributed by atoms with E-state index in [0.29, 0.717) is 0 Å². The summed E-state index contributed by atoms with van der Waals surface area (Å²) in [4.78, 5) is 0. The van der Waals surface area contributed by atoms with Gasteiger partial charge in [0.05, 0.1) is 0 Å². The molecule has 0 N–H and O–H groups in total. The SMILES string of the molecule is CCC(C)CC(C)CC(C)C(C)CCC(C)CC(C)C.CCC(C)CC(C)CCCC(C)CC(C)C. The van der Waals surface area contributed by atoms with Crippen LogP contribution in [-0.4, -0.2) is 0 Å². The molecule has 36 heavy (non-hydrogen) atoms. The van der Waals surface area contributed by atoms with Crippen molar-refractivity contribution in [2.45, 2.75) is 174 Å². The van der Waals surface area contributed by atoms with Crippen molar-refractivity contribution in [3.05, 3.63) is 0 Å². The predicted octanol–water partition coefficient (Wildman–Crippen LogP) is 13.1. The molecule has 0 heteroatoms. The Labute approximate surface area is 233 Å². The van der Waals surface area contributed by atoms with Gasteiger partial charge in [-0.15, -0.1) is 0 Å². The molecule has 0 heterocycles. The molecule has 8 atom stereocenters. The lowest BCUT2D eigenvalue weighted by Gasteiger charge is -2.26. The predicted molar refractivity (Wildman–Crippen MR) is 170 cm³/mol. The molecule has 0 nitrogen and oxygen atoms in total. The highest BCUT2D eigenvalue weighted by Gasteiger charge is 2.18. The molecule has 8 unspecified atom stereocenters. The Balaban J connectivity index is 0. The van der Waals surface area contributed by atoms with Gasteiger partial charge in [0, 0.05) is 0 Å². The maximum Gasteiger partial charge on any atom is -0.0414 e. The van der Waals surface area contributed by atoms with E-state index < -0.39 is 0 Å². The summed E-state index contributed by atoms with van der Waals surface area (Å²) in [6, 6.07) is 0. The molecule has 0 amide bonds. The van der Waals surface area contributed by atoms with Gasteiger partial charge in [-0.1, -0.05) is 142 Å². The quantitative estimate of drug-likeness (QED) is 0.153. The highest BCUT2D eigenvalue weighted by Crippen LogP contribution is 2.29. The van der Waals surface area contributed by atoms with Crippen LogP contribution in [0, 0.1) is 59.2 Å². The van der Waals surface area contributed by atoms with Crippen LogP contribution < -0.4 is 0 Å². The minimum Gasteiger partial charge on any atom is -0.0651 e. The maximum absolute atomic E-state index is 2.48. The third-order valence-corrected chi connectivity index (χ3v) is 9.01. The van der Waals surface area contributed by atoms with Crippen LogP contribution in [-0.2, 0) is 0 Å². The fraction of sp³-hybridized carbons (Fsp3) is 1.00. The lowest BCUT2D eigenvalue weighted by atomic mass is 9.80. The van der Waals surface area contributed by atoms with Gasteiger partial charge in [-0.05, 0) is 91.3 Å². The van der Waals surface area contributed by atoms with Crippen molar-refractivity contribution in [2.75, 3.05) is 0 Å². The lowest BCUT2D eigenvalue weighted by Crippen LogP contribution is -2.15. The van der Waals surface area contributed by atoms with Gasteiger partial charge in [0.15, 0.2) is 0 Å². The van der Waals surface area contributed by atoms with Crippen LogP contribution in [0.3, 0.4) is 0 Å². The van der Waals surface area contributed by atoms with E-state index in [9.17, 15) is 0 Å². The van der Waals surface area contributed by atoms with Crippen LogP contribution in [0.4, 0.5) is 0 Å². The van der Waals surface area contributed by atoms with Crippen molar-refractivity contribution < 1.29 is 0 Å². The molecule has 0 bridgehead atoms. The summed E-state index contributed by atoms with van der Waals surface area (Å²) in [6.45, 7) is 33.5. The second-order valence-corrected chi connectivity index (χ2v) is 14.9. The van der Waals surface area contributed by atoms with Crippen molar-refractivity contribution in [1.29, 1.82) is 0 Å². The molecule has 0 rings (SSSR count). The summed E-state index contributed by atoms with van der Waals surface area (Å²) in [5.74, 6) is 8.99. The summed E-state index contributed by atoms with van der Waals surface area (Å²) in [5.41, 5.74) is 0. The molecule has 0 aromatic carbocycles. The molecule has 0 spiro atoms. The van der Waals surface area contributed by atoms with Crippen molar-refractivity contribution in [3.8, 4) is 0 Å². The molecule has 0 aliphatic carbocycles. The van der Waals surface area contributed by atoms with Crippen LogP contribution in [0.5, 0.6) is 0 Å². The second kappa shape index (κ2) is 22.9. The van der Waals surface area contributed by atoms with Gasteiger partial charge in [0.25, 0.3) is 0 Å². The van der Waals surface area contributed by atoms with Gasteiger partial charge in [0.1, 0.15) is 0 Å². The summed E-state index contributed by atoms with van der Waals surface area (Å²) >= 11 is 0. The topological polar surface area (TPSA) is 0 Å². The number of hydrogen-bond donors (Lipinski definition) is 0. The first-order valence-corrected chi connectivity index (χ1v) is 16.7. The highest BCUT2D eigenvalue weighted by atomic mass is 14.2. The van der Waals surface area contributed by atoms with Gasteiger partial charge in [0.2, 0.25) is 0 Å². The van der Waals surface area contributed by atoms with E-state index in [-0.39, 0.29) is 0 Å². The van der Waals surface area contributed by atoms with Gasteiger partial charge in [-0.2, -0.15) is 0 Å². The highest BCUT2D eigenvalue weighted by molar-refractivity contribution is 4.69. The van der Waals surface area contributed by atoms with Gasteiger partial charge < -0.3 is 0 Å². The Kier molecular flexibility index (Phi) is 24.3. The number of rotatable bonds is 20. The van der Waals surface area contributed by atoms with Crippen LogP contribution in [0.15, 0.2) is 0 Å². The Hall–Kier alpha value is 0. The first-order valence-electron chi connectivity index (χ1n) is 16.7. The molecule has 0 aromatic rings.